The summed E-state index contributed by atoms with van der Waals surface area (Å²) in [5.41, 5.74) is 4.44. The maximum atomic E-state index is 10.0. The molecule has 5 heteroatoms. The lowest BCUT2D eigenvalue weighted by atomic mass is 9.77. The van der Waals surface area contributed by atoms with E-state index >= 15 is 0 Å². The van der Waals surface area contributed by atoms with E-state index in [1.807, 2.05) is 18.2 Å². The average Bonchev–Trinajstić information content (AvgIpc) is 2.98. The van der Waals surface area contributed by atoms with Crippen molar-refractivity contribution in [2.75, 3.05) is 26.3 Å². The van der Waals surface area contributed by atoms with Crippen LogP contribution in [0.4, 0.5) is 0 Å². The van der Waals surface area contributed by atoms with Crippen LogP contribution in [0.15, 0.2) is 102 Å². The Labute approximate surface area is 225 Å². The first-order valence-electron chi connectivity index (χ1n) is 13.5. The first-order chi connectivity index (χ1) is 18.8. The van der Waals surface area contributed by atoms with Gasteiger partial charge in [0.1, 0.15) is 5.75 Å². The highest BCUT2D eigenvalue weighted by molar-refractivity contribution is 5.91. The number of nitrogens with one attached hydrogen (secondary N) is 1. The van der Waals surface area contributed by atoms with E-state index in [4.69, 9.17) is 9.47 Å². The van der Waals surface area contributed by atoms with Crippen molar-refractivity contribution in [1.29, 1.82) is 0 Å². The van der Waals surface area contributed by atoms with Crippen LogP contribution in [-0.4, -0.2) is 37.2 Å². The predicted octanol–water partition coefficient (Wildman–Crippen LogP) is 6.59. The summed E-state index contributed by atoms with van der Waals surface area (Å²) in [5, 5.41) is 19.8. The molecule has 2 unspecified atom stereocenters. The van der Waals surface area contributed by atoms with Crippen molar-refractivity contribution in [2.24, 2.45) is 11.1 Å². The van der Waals surface area contributed by atoms with Gasteiger partial charge in [0.05, 0.1) is 25.5 Å². The Hall–Kier alpha value is -3.67. The van der Waals surface area contributed by atoms with Crippen molar-refractivity contribution in [2.45, 2.75) is 31.8 Å². The maximum absolute atomic E-state index is 10.0. The zero-order valence-corrected chi connectivity index (χ0v) is 21.8. The Morgan fingerprint density at radius 1 is 0.842 bits per heavy atom. The third-order valence-electron chi connectivity index (χ3n) is 7.36. The molecule has 1 aliphatic rings. The molecule has 38 heavy (non-hydrogen) atoms. The Balaban J connectivity index is 1.15. The molecule has 1 fully saturated rings. The number of benzene rings is 4. The molecule has 0 saturated carbocycles. The minimum absolute atomic E-state index is 0.133. The van der Waals surface area contributed by atoms with Gasteiger partial charge in [0, 0.05) is 25.3 Å². The molecule has 0 aliphatic carbocycles. The van der Waals surface area contributed by atoms with Gasteiger partial charge in [0.25, 0.3) is 0 Å². The lowest BCUT2D eigenvalue weighted by molar-refractivity contribution is 0.107. The van der Waals surface area contributed by atoms with Gasteiger partial charge in [0.2, 0.25) is 0 Å². The molecule has 0 aromatic heterocycles. The molecule has 196 valence electrons. The van der Waals surface area contributed by atoms with E-state index in [0.29, 0.717) is 32.2 Å². The van der Waals surface area contributed by atoms with E-state index in [0.717, 1.165) is 43.0 Å². The lowest BCUT2D eigenvalue weighted by Crippen LogP contribution is -2.40. The number of piperidine rings is 1. The molecule has 1 aliphatic heterocycles. The summed E-state index contributed by atoms with van der Waals surface area (Å²) >= 11 is 0. The predicted molar refractivity (Wildman–Crippen MR) is 153 cm³/mol. The Morgan fingerprint density at radius 2 is 1.63 bits per heavy atom. The zero-order chi connectivity index (χ0) is 26.0. The molecule has 2 N–H and O–H groups in total. The van der Waals surface area contributed by atoms with Crippen LogP contribution in [-0.2, 0) is 17.8 Å². The van der Waals surface area contributed by atoms with Gasteiger partial charge in [-0.1, -0.05) is 90.1 Å². The van der Waals surface area contributed by atoms with Crippen LogP contribution in [0.25, 0.3) is 10.8 Å². The van der Waals surface area contributed by atoms with Crippen molar-refractivity contribution in [3.63, 3.8) is 0 Å². The van der Waals surface area contributed by atoms with Gasteiger partial charge in [-0.3, -0.25) is 0 Å². The molecule has 5 nitrogen and oxygen atoms in total. The lowest BCUT2D eigenvalue weighted by Gasteiger charge is -2.33. The van der Waals surface area contributed by atoms with Gasteiger partial charge in [-0.15, -0.1) is 0 Å². The standard InChI is InChI=1S/C33H36N2O3/c36-35-33(22-26-11-12-27-9-4-5-10-29(27)21-26)32-23-34-18-17-31(32)28-13-15-30(16-14-28)38-20-6-19-37-24-25-7-2-1-3-8-25/h1-5,7-16,21,31-32,34,36H,6,17-20,22-24H2/b35-33-. The monoisotopic (exact) mass is 508 g/mol. The van der Waals surface area contributed by atoms with Gasteiger partial charge in [0.15, 0.2) is 0 Å². The second-order valence-corrected chi connectivity index (χ2v) is 9.96. The van der Waals surface area contributed by atoms with E-state index in [-0.39, 0.29) is 5.92 Å². The summed E-state index contributed by atoms with van der Waals surface area (Å²) in [4.78, 5) is 0. The summed E-state index contributed by atoms with van der Waals surface area (Å²) in [7, 11) is 0. The average molecular weight is 509 g/mol. The first kappa shape index (κ1) is 26.0. The van der Waals surface area contributed by atoms with Crippen molar-refractivity contribution < 1.29 is 14.7 Å². The fraction of sp³-hybridized carbons (Fsp3) is 0.303. The van der Waals surface area contributed by atoms with Crippen LogP contribution in [0.1, 0.15) is 35.4 Å². The Kier molecular flexibility index (Phi) is 9.03. The van der Waals surface area contributed by atoms with Gasteiger partial charge in [-0.2, -0.15) is 0 Å². The molecule has 0 amide bonds. The van der Waals surface area contributed by atoms with Crippen LogP contribution in [0.2, 0.25) is 0 Å². The van der Waals surface area contributed by atoms with Crippen LogP contribution in [0.3, 0.4) is 0 Å². The third-order valence-corrected chi connectivity index (χ3v) is 7.36. The number of ether oxygens (including phenoxy) is 2. The molecular formula is C33H36N2O3. The molecule has 4 aromatic rings. The van der Waals surface area contributed by atoms with E-state index in [1.165, 1.54) is 21.9 Å². The van der Waals surface area contributed by atoms with Crippen LogP contribution >= 0.6 is 0 Å². The topological polar surface area (TPSA) is 63.1 Å². The fourth-order valence-corrected chi connectivity index (χ4v) is 5.33. The molecule has 0 bridgehead atoms. The molecule has 2 atom stereocenters. The zero-order valence-electron chi connectivity index (χ0n) is 21.8. The summed E-state index contributed by atoms with van der Waals surface area (Å²) in [6.07, 6.45) is 2.48. The van der Waals surface area contributed by atoms with Crippen molar-refractivity contribution in [3.8, 4) is 5.75 Å². The smallest absolute Gasteiger partial charge is 0.119 e. The summed E-state index contributed by atoms with van der Waals surface area (Å²) < 4.78 is 11.7. The van der Waals surface area contributed by atoms with Gasteiger partial charge in [-0.25, -0.2) is 0 Å². The molecule has 5 rings (SSSR count). The van der Waals surface area contributed by atoms with Gasteiger partial charge in [-0.05, 0) is 58.5 Å². The molecule has 0 spiro atoms. The second-order valence-electron chi connectivity index (χ2n) is 9.96. The minimum Gasteiger partial charge on any atom is -0.494 e. The SMILES string of the molecule is O/N=C(/Cc1ccc2ccccc2c1)C1CNCCC1c1ccc(OCCCOCc2ccccc2)cc1. The quantitative estimate of drug-likeness (QED) is 0.104. The van der Waals surface area contributed by atoms with Gasteiger partial charge >= 0.3 is 0 Å². The van der Waals surface area contributed by atoms with E-state index in [1.54, 1.807) is 0 Å². The number of hydrogen-bond donors (Lipinski definition) is 2. The highest BCUT2D eigenvalue weighted by atomic mass is 16.5. The summed E-state index contributed by atoms with van der Waals surface area (Å²) in [6.45, 7) is 3.68. The van der Waals surface area contributed by atoms with E-state index in [9.17, 15) is 5.21 Å². The highest BCUT2D eigenvalue weighted by Gasteiger charge is 2.31. The van der Waals surface area contributed by atoms with Crippen LogP contribution in [0.5, 0.6) is 5.75 Å². The van der Waals surface area contributed by atoms with Crippen molar-refractivity contribution in [3.05, 3.63) is 114 Å². The first-order valence-corrected chi connectivity index (χ1v) is 13.5. The highest BCUT2D eigenvalue weighted by Crippen LogP contribution is 2.33. The number of rotatable bonds is 11. The Bertz CT molecular complexity index is 1320. The number of oxime groups is 1. The maximum Gasteiger partial charge on any atom is 0.119 e. The van der Waals surface area contributed by atoms with Gasteiger partial charge < -0.3 is 20.0 Å². The van der Waals surface area contributed by atoms with Crippen molar-refractivity contribution >= 4 is 16.5 Å². The Morgan fingerprint density at radius 3 is 2.45 bits per heavy atom. The van der Waals surface area contributed by atoms with Crippen molar-refractivity contribution in [1.82, 2.24) is 5.32 Å². The van der Waals surface area contributed by atoms with Crippen LogP contribution in [0, 0.1) is 5.92 Å². The second kappa shape index (κ2) is 13.2. The summed E-state index contributed by atoms with van der Waals surface area (Å²) in [6, 6.07) is 33.5. The fourth-order valence-electron chi connectivity index (χ4n) is 5.33. The normalized spacial score (nSPS) is 17.9. The molecular weight excluding hydrogens is 472 g/mol. The van der Waals surface area contributed by atoms with E-state index in [2.05, 4.69) is 89.3 Å². The number of fused-ring (bicyclic) bond motifs is 1. The molecule has 1 saturated heterocycles. The largest absolute Gasteiger partial charge is 0.494 e. The molecule has 4 aromatic carbocycles. The molecule has 1 heterocycles. The minimum atomic E-state index is 0.133. The van der Waals surface area contributed by atoms with Crippen LogP contribution < -0.4 is 10.1 Å². The third kappa shape index (κ3) is 6.80. The molecule has 0 radical (unpaired) electrons. The summed E-state index contributed by atoms with van der Waals surface area (Å²) in [5.74, 6) is 1.30. The number of hydrogen-bond acceptors (Lipinski definition) is 5. The number of nitrogens with zero attached hydrogens (tertiary/aromatic N) is 1. The van der Waals surface area contributed by atoms with E-state index < -0.39 is 0 Å².